The summed E-state index contributed by atoms with van der Waals surface area (Å²) in [5.41, 5.74) is 3.93. The maximum Gasteiger partial charge on any atom is 0.151 e. The highest BCUT2D eigenvalue weighted by molar-refractivity contribution is 5.74. The maximum atomic E-state index is 4.54. The van der Waals surface area contributed by atoms with Gasteiger partial charge in [-0.25, -0.2) is 0 Å². The molecular weight excluding hydrogens is 358 g/mol. The van der Waals surface area contributed by atoms with Crippen molar-refractivity contribution in [3.63, 3.8) is 0 Å². The lowest BCUT2D eigenvalue weighted by Gasteiger charge is -2.49. The van der Waals surface area contributed by atoms with Gasteiger partial charge in [-0.1, -0.05) is 24.8 Å². The van der Waals surface area contributed by atoms with Gasteiger partial charge in [0.15, 0.2) is 5.82 Å². The summed E-state index contributed by atoms with van der Waals surface area (Å²) in [6.45, 7) is 14.9. The molecule has 29 heavy (non-hydrogen) atoms. The molecular formula is C24H33N5. The van der Waals surface area contributed by atoms with Gasteiger partial charge in [-0.05, 0) is 71.2 Å². The molecule has 0 bridgehead atoms. The van der Waals surface area contributed by atoms with Gasteiger partial charge in [-0.3, -0.25) is 4.99 Å². The quantitative estimate of drug-likeness (QED) is 0.707. The van der Waals surface area contributed by atoms with Gasteiger partial charge in [-0.15, -0.1) is 10.2 Å². The van der Waals surface area contributed by atoms with Crippen molar-refractivity contribution >= 4 is 23.8 Å². The first kappa shape index (κ1) is 21.2. The lowest BCUT2D eigenvalue weighted by atomic mass is 9.79. The Hall–Kier alpha value is -2.53. The molecule has 5 heteroatoms. The fourth-order valence-electron chi connectivity index (χ4n) is 4.52. The number of nitrogens with zero attached hydrogens (tertiary/aromatic N) is 4. The molecule has 2 aromatic rings. The van der Waals surface area contributed by atoms with Crippen LogP contribution in [0.5, 0.6) is 0 Å². The number of rotatable bonds is 5. The zero-order valence-corrected chi connectivity index (χ0v) is 18.5. The van der Waals surface area contributed by atoms with Gasteiger partial charge >= 0.3 is 0 Å². The van der Waals surface area contributed by atoms with Gasteiger partial charge in [0, 0.05) is 35.9 Å². The topological polar surface area (TPSA) is 53.4 Å². The van der Waals surface area contributed by atoms with Crippen molar-refractivity contribution in [2.45, 2.75) is 64.6 Å². The third-order valence-electron chi connectivity index (χ3n) is 5.54. The van der Waals surface area contributed by atoms with Crippen LogP contribution in [-0.2, 0) is 0 Å². The summed E-state index contributed by atoms with van der Waals surface area (Å²) >= 11 is 0. The van der Waals surface area contributed by atoms with E-state index in [0.29, 0.717) is 6.04 Å². The van der Waals surface area contributed by atoms with Crippen molar-refractivity contribution in [3.05, 3.63) is 42.5 Å². The summed E-state index contributed by atoms with van der Waals surface area (Å²) in [6, 6.07) is 10.6. The van der Waals surface area contributed by atoms with E-state index in [2.05, 4.69) is 72.8 Å². The van der Waals surface area contributed by atoms with Crippen LogP contribution < -0.4 is 10.2 Å². The Kier molecular flexibility index (Phi) is 5.90. The molecule has 1 aromatic carbocycles. The third-order valence-corrected chi connectivity index (χ3v) is 5.54. The van der Waals surface area contributed by atoms with Crippen LogP contribution in [0.2, 0.25) is 0 Å². The average Bonchev–Trinajstić information content (AvgIpc) is 2.65. The molecule has 1 saturated heterocycles. The van der Waals surface area contributed by atoms with Crippen LogP contribution in [0.25, 0.3) is 17.3 Å². The number of aliphatic imine (C=N–C) groups is 1. The molecule has 0 atom stereocenters. The zero-order valence-electron chi connectivity index (χ0n) is 18.5. The first-order valence-corrected chi connectivity index (χ1v) is 10.3. The van der Waals surface area contributed by atoms with E-state index in [4.69, 9.17) is 0 Å². The number of nitrogens with one attached hydrogen (secondary N) is 1. The molecule has 5 nitrogen and oxygen atoms in total. The van der Waals surface area contributed by atoms with Gasteiger partial charge in [0.1, 0.15) is 0 Å². The number of aromatic nitrogens is 2. The van der Waals surface area contributed by atoms with Crippen molar-refractivity contribution in [3.8, 4) is 11.3 Å². The van der Waals surface area contributed by atoms with Gasteiger partial charge in [0.05, 0.1) is 11.4 Å². The van der Waals surface area contributed by atoms with Crippen LogP contribution in [0.3, 0.4) is 0 Å². The van der Waals surface area contributed by atoms with E-state index in [1.54, 1.807) is 6.21 Å². The first-order chi connectivity index (χ1) is 13.6. The molecule has 2 heterocycles. The molecule has 1 fully saturated rings. The van der Waals surface area contributed by atoms with Crippen molar-refractivity contribution in [1.82, 2.24) is 15.5 Å². The molecule has 1 aliphatic rings. The predicted octanol–water partition coefficient (Wildman–Crippen LogP) is 5.25. The predicted molar refractivity (Wildman–Crippen MR) is 124 cm³/mol. The largest absolute Gasteiger partial charge is 0.355 e. The van der Waals surface area contributed by atoms with Gasteiger partial charge < -0.3 is 10.2 Å². The maximum absolute atomic E-state index is 4.54. The van der Waals surface area contributed by atoms with Crippen LogP contribution >= 0.6 is 0 Å². The molecule has 154 valence electrons. The van der Waals surface area contributed by atoms with E-state index in [9.17, 15) is 0 Å². The minimum atomic E-state index is 0.0944. The smallest absolute Gasteiger partial charge is 0.151 e. The number of hydrogen-bond acceptors (Lipinski definition) is 5. The highest BCUT2D eigenvalue weighted by Gasteiger charge is 2.39. The summed E-state index contributed by atoms with van der Waals surface area (Å²) in [7, 11) is 2.12. The van der Waals surface area contributed by atoms with Gasteiger partial charge in [-0.2, -0.15) is 0 Å². The number of benzene rings is 1. The summed E-state index contributed by atoms with van der Waals surface area (Å²) in [5, 5.41) is 12.8. The van der Waals surface area contributed by atoms with Crippen LogP contribution in [0, 0.1) is 0 Å². The molecule has 0 aliphatic carbocycles. The molecule has 0 spiro atoms. The van der Waals surface area contributed by atoms with E-state index in [0.717, 1.165) is 41.2 Å². The molecule has 1 aliphatic heterocycles. The second-order valence-corrected chi connectivity index (χ2v) is 9.21. The molecule has 1 aromatic heterocycles. The Morgan fingerprint density at radius 1 is 1.10 bits per heavy atom. The fourth-order valence-corrected chi connectivity index (χ4v) is 4.52. The van der Waals surface area contributed by atoms with E-state index >= 15 is 0 Å². The van der Waals surface area contributed by atoms with Crippen LogP contribution in [0.1, 0.15) is 53.0 Å². The highest BCUT2D eigenvalue weighted by atomic mass is 15.3. The van der Waals surface area contributed by atoms with Crippen LogP contribution in [0.15, 0.2) is 41.9 Å². The van der Waals surface area contributed by atoms with Gasteiger partial charge in [0.25, 0.3) is 0 Å². The Labute approximate surface area is 175 Å². The minimum absolute atomic E-state index is 0.0944. The molecule has 0 unspecified atom stereocenters. The van der Waals surface area contributed by atoms with Crippen molar-refractivity contribution < 1.29 is 0 Å². The Morgan fingerprint density at radius 3 is 2.34 bits per heavy atom. The molecule has 3 rings (SSSR count). The molecule has 0 saturated carbocycles. The second-order valence-electron chi connectivity index (χ2n) is 9.21. The van der Waals surface area contributed by atoms with E-state index < -0.39 is 0 Å². The Balaban J connectivity index is 1.83. The fraction of sp³-hybridized carbons (Fsp3) is 0.458. The van der Waals surface area contributed by atoms with Crippen molar-refractivity contribution in [2.24, 2.45) is 4.99 Å². The van der Waals surface area contributed by atoms with Crippen molar-refractivity contribution in [2.75, 3.05) is 11.9 Å². The third kappa shape index (κ3) is 4.91. The Morgan fingerprint density at radius 2 is 1.79 bits per heavy atom. The lowest BCUT2D eigenvalue weighted by Crippen LogP contribution is -2.62. The summed E-state index contributed by atoms with van der Waals surface area (Å²) < 4.78 is 0. The van der Waals surface area contributed by atoms with Gasteiger partial charge in [0.2, 0.25) is 0 Å². The number of hydrogen-bond donors (Lipinski definition) is 1. The van der Waals surface area contributed by atoms with Crippen molar-refractivity contribution in [1.29, 1.82) is 0 Å². The van der Waals surface area contributed by atoms with E-state index in [1.807, 2.05) is 37.3 Å². The van der Waals surface area contributed by atoms with Crippen LogP contribution in [0.4, 0.5) is 11.5 Å². The minimum Gasteiger partial charge on any atom is -0.355 e. The average molecular weight is 392 g/mol. The Bertz CT molecular complexity index is 880. The molecule has 0 radical (unpaired) electrons. The molecule has 1 N–H and O–H groups in total. The monoisotopic (exact) mass is 391 g/mol. The van der Waals surface area contributed by atoms with E-state index in [-0.39, 0.29) is 11.1 Å². The van der Waals surface area contributed by atoms with E-state index in [1.165, 1.54) is 0 Å². The number of anilines is 1. The standard InChI is InChI=1S/C24H33N5/c1-8-17-10-11-18(14-21(17)25-9-2)20-12-13-22(27-26-20)29(7)19-15-23(3,4)28-24(5,6)16-19/h8-14,19,28H,1,15-16H2,2-7H3. The summed E-state index contributed by atoms with van der Waals surface area (Å²) in [5.74, 6) is 0.904. The lowest BCUT2D eigenvalue weighted by molar-refractivity contribution is 0.160. The first-order valence-electron chi connectivity index (χ1n) is 10.3. The summed E-state index contributed by atoms with van der Waals surface area (Å²) in [6.07, 6.45) is 5.74. The SMILES string of the molecule is C=Cc1ccc(-c2ccc(N(C)C3CC(C)(C)NC(C)(C)C3)nn2)cc1N=CC. The highest BCUT2D eigenvalue weighted by Crippen LogP contribution is 2.33. The molecule has 0 amide bonds. The summed E-state index contributed by atoms with van der Waals surface area (Å²) in [4.78, 5) is 6.71. The zero-order chi connectivity index (χ0) is 21.2. The second kappa shape index (κ2) is 8.07. The van der Waals surface area contributed by atoms with Crippen LogP contribution in [-0.4, -0.2) is 40.6 Å². The normalized spacial score (nSPS) is 18.7. The number of piperidine rings is 1.